The highest BCUT2D eigenvalue weighted by Crippen LogP contribution is 2.29. The first kappa shape index (κ1) is 35.8. The largest absolute Gasteiger partial charge is 0.444 e. The molecule has 52 heavy (non-hydrogen) atoms. The lowest BCUT2D eigenvalue weighted by atomic mass is 10.0. The van der Waals surface area contributed by atoms with E-state index in [1.165, 1.54) is 4.90 Å². The summed E-state index contributed by atoms with van der Waals surface area (Å²) in [6.45, 7) is 7.42. The van der Waals surface area contributed by atoms with Crippen molar-refractivity contribution in [2.75, 3.05) is 47.3 Å². The number of benzene rings is 4. The minimum absolute atomic E-state index is 0.0963. The molecule has 268 valence electrons. The summed E-state index contributed by atoms with van der Waals surface area (Å²) in [5.74, 6) is 1.10. The van der Waals surface area contributed by atoms with Gasteiger partial charge in [0, 0.05) is 55.5 Å². The Kier molecular flexibility index (Phi) is 10.4. The molecule has 12 nitrogen and oxygen atoms in total. The summed E-state index contributed by atoms with van der Waals surface area (Å²) in [5.41, 5.74) is 7.80. The van der Waals surface area contributed by atoms with Crippen LogP contribution < -0.4 is 10.6 Å². The van der Waals surface area contributed by atoms with Crippen molar-refractivity contribution in [2.45, 2.75) is 26.4 Å². The molecule has 0 bridgehead atoms. The zero-order valence-corrected chi connectivity index (χ0v) is 30.3. The smallest absolute Gasteiger partial charge is 0.410 e. The van der Waals surface area contributed by atoms with Crippen molar-refractivity contribution < 1.29 is 19.1 Å². The first-order valence-electron chi connectivity index (χ1n) is 17.2. The maximum atomic E-state index is 12.7. The van der Waals surface area contributed by atoms with Gasteiger partial charge in [0.05, 0.1) is 22.1 Å². The Labute approximate surface area is 302 Å². The van der Waals surface area contributed by atoms with Gasteiger partial charge in [0.25, 0.3) is 11.8 Å². The van der Waals surface area contributed by atoms with Crippen molar-refractivity contribution in [3.05, 3.63) is 96.1 Å². The zero-order valence-electron chi connectivity index (χ0n) is 30.3. The van der Waals surface area contributed by atoms with E-state index in [4.69, 9.17) is 14.7 Å². The number of likely N-dealkylation sites (N-methyl/N-ethyl adjacent to an activating group) is 2. The lowest BCUT2D eigenvalue weighted by Crippen LogP contribution is -2.39. The Bertz CT molecular complexity index is 2210. The summed E-state index contributed by atoms with van der Waals surface area (Å²) in [6.07, 6.45) is -0.435. The van der Waals surface area contributed by atoms with Gasteiger partial charge < -0.3 is 35.1 Å². The average molecular weight is 701 g/mol. The molecule has 0 fully saturated rings. The van der Waals surface area contributed by atoms with Crippen molar-refractivity contribution >= 4 is 40.0 Å². The Balaban J connectivity index is 1.09. The van der Waals surface area contributed by atoms with Gasteiger partial charge in [-0.1, -0.05) is 36.4 Å². The van der Waals surface area contributed by atoms with E-state index in [1.54, 1.807) is 19.2 Å². The van der Waals surface area contributed by atoms with E-state index in [-0.39, 0.29) is 11.8 Å². The summed E-state index contributed by atoms with van der Waals surface area (Å²) >= 11 is 0. The predicted octanol–water partition coefficient (Wildman–Crippen LogP) is 6.33. The highest BCUT2D eigenvalue weighted by atomic mass is 16.6. The number of nitrogens with one attached hydrogen (secondary N) is 4. The fourth-order valence-electron chi connectivity index (χ4n) is 5.58. The number of hydrogen-bond acceptors (Lipinski definition) is 7. The first-order valence-corrected chi connectivity index (χ1v) is 17.2. The number of nitrogens with zero attached hydrogens (tertiary/aromatic N) is 4. The molecule has 4 aromatic carbocycles. The van der Waals surface area contributed by atoms with E-state index >= 15 is 0 Å². The fraction of sp³-hybridized carbons (Fsp3) is 0.275. The number of aromatic nitrogens is 4. The summed E-state index contributed by atoms with van der Waals surface area (Å²) in [6, 6.07) is 26.9. The minimum atomic E-state index is -0.580. The van der Waals surface area contributed by atoms with Crippen LogP contribution in [0.25, 0.3) is 56.0 Å². The summed E-state index contributed by atoms with van der Waals surface area (Å²) in [7, 11) is 5.58. The zero-order chi connectivity index (χ0) is 37.0. The minimum Gasteiger partial charge on any atom is -0.444 e. The molecule has 4 N–H and O–H groups in total. The number of H-pyrrole nitrogens is 2. The molecule has 6 aromatic rings. The molecule has 2 aromatic heterocycles. The third-order valence-electron chi connectivity index (χ3n) is 8.42. The van der Waals surface area contributed by atoms with Crippen molar-refractivity contribution in [1.29, 1.82) is 0 Å². The van der Waals surface area contributed by atoms with Crippen LogP contribution in [0.15, 0.2) is 84.9 Å². The number of aromatic amines is 2. The molecule has 2 heterocycles. The standard InChI is InChI=1S/C40H44N8O4/c1-40(2,3)52-39(51)48(6)22-20-42-38(50)28-13-9-26(10-14-28)36-44-32-18-16-30(24-34(32)46-36)29-15-17-31-33(23-29)45-35(43-31)25-7-11-27(12-8-25)37(49)41-19-21-47(4)5/h7-18,23-24H,19-22H2,1-6H3,(H,41,49)(H,42,50)(H,43,45)(H,44,46). The van der Waals surface area contributed by atoms with Crippen molar-refractivity contribution in [3.8, 4) is 33.9 Å². The first-order chi connectivity index (χ1) is 24.8. The second-order valence-corrected chi connectivity index (χ2v) is 14.0. The number of hydrogen-bond donors (Lipinski definition) is 4. The normalized spacial score (nSPS) is 11.6. The quantitative estimate of drug-likeness (QED) is 0.124. The van der Waals surface area contributed by atoms with E-state index in [9.17, 15) is 14.4 Å². The van der Waals surface area contributed by atoms with Crippen LogP contribution in [0.5, 0.6) is 0 Å². The van der Waals surface area contributed by atoms with Crippen LogP contribution in [0.4, 0.5) is 4.79 Å². The van der Waals surface area contributed by atoms with Gasteiger partial charge in [0.15, 0.2) is 0 Å². The van der Waals surface area contributed by atoms with Gasteiger partial charge in [-0.05, 0) is 94.5 Å². The highest BCUT2D eigenvalue weighted by molar-refractivity contribution is 5.95. The Morgan fingerprint density at radius 3 is 1.48 bits per heavy atom. The molecule has 3 amide bonds. The number of amides is 3. The third-order valence-corrected chi connectivity index (χ3v) is 8.42. The summed E-state index contributed by atoms with van der Waals surface area (Å²) in [4.78, 5) is 57.2. The summed E-state index contributed by atoms with van der Waals surface area (Å²) in [5, 5.41) is 5.79. The summed E-state index contributed by atoms with van der Waals surface area (Å²) < 4.78 is 5.35. The maximum Gasteiger partial charge on any atom is 0.410 e. The molecule has 0 spiro atoms. The number of rotatable bonds is 11. The molecule has 0 aliphatic heterocycles. The highest BCUT2D eigenvalue weighted by Gasteiger charge is 2.19. The second-order valence-electron chi connectivity index (χ2n) is 14.0. The molecule has 6 rings (SSSR count). The van der Waals surface area contributed by atoms with Gasteiger partial charge in [-0.3, -0.25) is 9.59 Å². The van der Waals surface area contributed by atoms with E-state index < -0.39 is 11.7 Å². The topological polar surface area (TPSA) is 148 Å². The Morgan fingerprint density at radius 1 is 0.635 bits per heavy atom. The van der Waals surface area contributed by atoms with Crippen LogP contribution in [0, 0.1) is 0 Å². The second kappa shape index (κ2) is 15.1. The molecule has 0 atom stereocenters. The molecular formula is C40H44N8O4. The number of carbonyl (C=O) groups is 3. The molecule has 0 saturated carbocycles. The van der Waals surface area contributed by atoms with Crippen LogP contribution in [-0.2, 0) is 4.74 Å². The molecule has 0 radical (unpaired) electrons. The van der Waals surface area contributed by atoms with E-state index in [2.05, 4.69) is 32.7 Å². The molecule has 0 aliphatic carbocycles. The predicted molar refractivity (Wildman–Crippen MR) is 204 cm³/mol. The molecule has 0 saturated heterocycles. The lowest BCUT2D eigenvalue weighted by molar-refractivity contribution is 0.0299. The number of ether oxygens (including phenoxy) is 1. The van der Waals surface area contributed by atoms with Crippen molar-refractivity contribution in [1.82, 2.24) is 40.4 Å². The van der Waals surface area contributed by atoms with E-state index in [1.807, 2.05) is 100 Å². The van der Waals surface area contributed by atoms with Crippen molar-refractivity contribution in [2.24, 2.45) is 0 Å². The maximum absolute atomic E-state index is 12.7. The van der Waals surface area contributed by atoms with Gasteiger partial charge in [0.2, 0.25) is 0 Å². The lowest BCUT2D eigenvalue weighted by Gasteiger charge is -2.24. The Hall–Kier alpha value is -6.01. The third kappa shape index (κ3) is 8.64. The number of carbonyl (C=O) groups excluding carboxylic acids is 3. The van der Waals surface area contributed by atoms with Crippen LogP contribution in [-0.4, -0.2) is 101 Å². The van der Waals surface area contributed by atoms with Crippen LogP contribution >= 0.6 is 0 Å². The molecule has 0 unspecified atom stereocenters. The fourth-order valence-corrected chi connectivity index (χ4v) is 5.58. The van der Waals surface area contributed by atoms with Gasteiger partial charge >= 0.3 is 6.09 Å². The van der Waals surface area contributed by atoms with E-state index in [0.29, 0.717) is 36.6 Å². The average Bonchev–Trinajstić information content (AvgIpc) is 3.75. The van der Waals surface area contributed by atoms with Gasteiger partial charge in [-0.15, -0.1) is 0 Å². The van der Waals surface area contributed by atoms with Gasteiger partial charge in [0.1, 0.15) is 17.2 Å². The van der Waals surface area contributed by atoms with Crippen LogP contribution in [0.2, 0.25) is 0 Å². The molecule has 0 aliphatic rings. The Morgan fingerprint density at radius 2 is 1.06 bits per heavy atom. The molecular weight excluding hydrogens is 656 g/mol. The van der Waals surface area contributed by atoms with E-state index in [0.717, 1.165) is 56.7 Å². The van der Waals surface area contributed by atoms with Gasteiger partial charge in [-0.25, -0.2) is 14.8 Å². The number of fused-ring (bicyclic) bond motifs is 2. The SMILES string of the molecule is CN(C)CCNC(=O)c1ccc(-c2nc3ccc(-c4ccc5nc(-c6ccc(C(=O)NCCN(C)C(=O)OC(C)(C)C)cc6)[nH]c5c4)cc3[nH]2)cc1. The van der Waals surface area contributed by atoms with Crippen molar-refractivity contribution in [3.63, 3.8) is 0 Å². The monoisotopic (exact) mass is 700 g/mol. The molecule has 12 heteroatoms. The van der Waals surface area contributed by atoms with Crippen LogP contribution in [0.3, 0.4) is 0 Å². The van der Waals surface area contributed by atoms with Gasteiger partial charge in [-0.2, -0.15) is 0 Å². The number of imidazole rings is 2. The van der Waals surface area contributed by atoms with Crippen LogP contribution in [0.1, 0.15) is 41.5 Å².